The molecule has 1 aliphatic rings. The summed E-state index contributed by atoms with van der Waals surface area (Å²) in [5.74, 6) is -0.172. The molecule has 16 heavy (non-hydrogen) atoms. The molecular formula is C12H22BrNO2. The van der Waals surface area contributed by atoms with Crippen molar-refractivity contribution in [3.05, 3.63) is 0 Å². The number of carbonyl (C=O) groups excluding carboxylic acids is 1. The van der Waals surface area contributed by atoms with Crippen LogP contribution in [0, 0.1) is 0 Å². The molecule has 0 N–H and O–H groups in total. The number of ether oxygens (including phenoxy) is 1. The fourth-order valence-corrected chi connectivity index (χ4v) is 2.95. The van der Waals surface area contributed by atoms with Crippen LogP contribution in [0.5, 0.6) is 0 Å². The second-order valence-corrected chi connectivity index (χ2v) is 5.48. The highest BCUT2D eigenvalue weighted by atomic mass is 79.9. The van der Waals surface area contributed by atoms with E-state index in [1.54, 1.807) is 0 Å². The average molecular weight is 292 g/mol. The van der Waals surface area contributed by atoms with E-state index in [2.05, 4.69) is 27.8 Å². The van der Waals surface area contributed by atoms with E-state index < -0.39 is 0 Å². The van der Waals surface area contributed by atoms with Crippen molar-refractivity contribution in [2.75, 3.05) is 20.2 Å². The van der Waals surface area contributed by atoms with Crippen molar-refractivity contribution in [2.24, 2.45) is 0 Å². The molecule has 1 rings (SSSR count). The summed E-state index contributed by atoms with van der Waals surface area (Å²) in [4.78, 5) is 13.6. The van der Waals surface area contributed by atoms with Crippen molar-refractivity contribution < 1.29 is 9.53 Å². The van der Waals surface area contributed by atoms with Crippen LogP contribution < -0.4 is 0 Å². The smallest absolute Gasteiger partial charge is 0.320 e. The molecule has 1 saturated carbocycles. The van der Waals surface area contributed by atoms with Gasteiger partial charge in [-0.05, 0) is 19.4 Å². The Morgan fingerprint density at radius 1 is 1.44 bits per heavy atom. The lowest BCUT2D eigenvalue weighted by Gasteiger charge is -2.34. The van der Waals surface area contributed by atoms with E-state index in [-0.39, 0.29) is 10.8 Å². The monoisotopic (exact) mass is 291 g/mol. The van der Waals surface area contributed by atoms with Crippen LogP contribution in [0.25, 0.3) is 0 Å². The Morgan fingerprint density at radius 2 is 2.06 bits per heavy atom. The summed E-state index contributed by atoms with van der Waals surface area (Å²) in [6.45, 7) is 3.92. The van der Waals surface area contributed by atoms with E-state index in [1.807, 2.05) is 0 Å². The predicted molar refractivity (Wildman–Crippen MR) is 68.9 cm³/mol. The summed E-state index contributed by atoms with van der Waals surface area (Å²) in [6, 6.07) is 0.656. The average Bonchev–Trinajstić information content (AvgIpc) is 2.35. The molecule has 0 spiro atoms. The number of methoxy groups -OCH3 is 1. The predicted octanol–water partition coefficient (Wildman–Crippen LogP) is 2.58. The molecule has 1 unspecified atom stereocenters. The zero-order valence-electron chi connectivity index (χ0n) is 10.2. The minimum atomic E-state index is -0.195. The van der Waals surface area contributed by atoms with Crippen LogP contribution in [0.3, 0.4) is 0 Å². The van der Waals surface area contributed by atoms with Crippen molar-refractivity contribution in [3.8, 4) is 0 Å². The van der Waals surface area contributed by atoms with E-state index >= 15 is 0 Å². The third-order valence-electron chi connectivity index (χ3n) is 3.35. The van der Waals surface area contributed by atoms with E-state index in [0.29, 0.717) is 6.04 Å². The van der Waals surface area contributed by atoms with Gasteiger partial charge in [-0.1, -0.05) is 42.1 Å². The zero-order valence-corrected chi connectivity index (χ0v) is 11.8. The van der Waals surface area contributed by atoms with Crippen LogP contribution in [0.4, 0.5) is 0 Å². The van der Waals surface area contributed by atoms with Gasteiger partial charge in [-0.3, -0.25) is 9.69 Å². The van der Waals surface area contributed by atoms with Crippen LogP contribution in [0.1, 0.15) is 39.0 Å². The molecule has 0 bridgehead atoms. The largest absolute Gasteiger partial charge is 0.468 e. The van der Waals surface area contributed by atoms with Gasteiger partial charge in [-0.25, -0.2) is 0 Å². The van der Waals surface area contributed by atoms with Gasteiger partial charge in [0.15, 0.2) is 0 Å². The molecule has 0 aliphatic heterocycles. The van der Waals surface area contributed by atoms with Crippen LogP contribution in [-0.4, -0.2) is 41.9 Å². The molecule has 0 radical (unpaired) electrons. The lowest BCUT2D eigenvalue weighted by molar-refractivity contribution is -0.140. The van der Waals surface area contributed by atoms with Gasteiger partial charge in [0.25, 0.3) is 0 Å². The minimum Gasteiger partial charge on any atom is -0.468 e. The van der Waals surface area contributed by atoms with Crippen LogP contribution >= 0.6 is 15.9 Å². The highest BCUT2D eigenvalue weighted by Gasteiger charge is 2.24. The van der Waals surface area contributed by atoms with Gasteiger partial charge in [-0.2, -0.15) is 0 Å². The van der Waals surface area contributed by atoms with Crippen LogP contribution in [0.15, 0.2) is 0 Å². The maximum atomic E-state index is 11.4. The SMILES string of the molecule is CCN(CC(Br)C(=O)OC)C1CCCCC1. The number of alkyl halides is 1. The van der Waals surface area contributed by atoms with Crippen LogP contribution in [0.2, 0.25) is 0 Å². The molecule has 94 valence electrons. The Hall–Kier alpha value is -0.0900. The van der Waals surface area contributed by atoms with Gasteiger partial charge in [0, 0.05) is 12.6 Å². The molecule has 1 aliphatic carbocycles. The number of nitrogens with zero attached hydrogens (tertiary/aromatic N) is 1. The quantitative estimate of drug-likeness (QED) is 0.576. The zero-order chi connectivity index (χ0) is 12.0. The molecule has 0 amide bonds. The van der Waals surface area contributed by atoms with Crippen molar-refractivity contribution >= 4 is 21.9 Å². The van der Waals surface area contributed by atoms with E-state index in [0.717, 1.165) is 13.1 Å². The number of hydrogen-bond acceptors (Lipinski definition) is 3. The molecule has 0 saturated heterocycles. The maximum Gasteiger partial charge on any atom is 0.320 e. The number of esters is 1. The second kappa shape index (κ2) is 7.28. The van der Waals surface area contributed by atoms with E-state index in [4.69, 9.17) is 4.74 Å². The topological polar surface area (TPSA) is 29.5 Å². The van der Waals surface area contributed by atoms with Crippen molar-refractivity contribution in [2.45, 2.75) is 49.9 Å². The molecule has 1 fully saturated rings. The maximum absolute atomic E-state index is 11.4. The Balaban J connectivity index is 2.43. The third-order valence-corrected chi connectivity index (χ3v) is 4.01. The van der Waals surface area contributed by atoms with Gasteiger partial charge >= 0.3 is 5.97 Å². The Kier molecular flexibility index (Phi) is 6.36. The van der Waals surface area contributed by atoms with Gasteiger partial charge in [0.05, 0.1) is 7.11 Å². The molecule has 0 aromatic heterocycles. The number of halogens is 1. The molecule has 0 heterocycles. The van der Waals surface area contributed by atoms with Gasteiger partial charge in [-0.15, -0.1) is 0 Å². The second-order valence-electron chi connectivity index (χ2n) is 4.37. The molecular weight excluding hydrogens is 270 g/mol. The highest BCUT2D eigenvalue weighted by molar-refractivity contribution is 9.10. The number of rotatable bonds is 5. The van der Waals surface area contributed by atoms with Crippen molar-refractivity contribution in [1.82, 2.24) is 4.90 Å². The van der Waals surface area contributed by atoms with Gasteiger partial charge < -0.3 is 4.74 Å². The fourth-order valence-electron chi connectivity index (χ4n) is 2.39. The summed E-state index contributed by atoms with van der Waals surface area (Å²) in [5.41, 5.74) is 0. The molecule has 0 aromatic carbocycles. The molecule has 4 heteroatoms. The summed E-state index contributed by atoms with van der Waals surface area (Å²) in [5, 5.41) is 0. The van der Waals surface area contributed by atoms with E-state index in [1.165, 1.54) is 39.2 Å². The Morgan fingerprint density at radius 3 is 2.56 bits per heavy atom. The summed E-state index contributed by atoms with van der Waals surface area (Å²) in [7, 11) is 1.44. The number of hydrogen-bond donors (Lipinski definition) is 0. The Labute approximate surface area is 107 Å². The molecule has 1 atom stereocenters. The van der Waals surface area contributed by atoms with E-state index in [9.17, 15) is 4.79 Å². The molecule has 3 nitrogen and oxygen atoms in total. The van der Waals surface area contributed by atoms with Crippen molar-refractivity contribution in [1.29, 1.82) is 0 Å². The van der Waals surface area contributed by atoms with Crippen LogP contribution in [-0.2, 0) is 9.53 Å². The van der Waals surface area contributed by atoms with Gasteiger partial charge in [0.1, 0.15) is 4.83 Å². The summed E-state index contributed by atoms with van der Waals surface area (Å²) in [6.07, 6.45) is 6.56. The fraction of sp³-hybridized carbons (Fsp3) is 0.917. The third kappa shape index (κ3) is 4.06. The first-order chi connectivity index (χ1) is 7.69. The minimum absolute atomic E-state index is 0.172. The first-order valence-electron chi connectivity index (χ1n) is 6.15. The summed E-state index contributed by atoms with van der Waals surface area (Å²) >= 11 is 3.40. The molecule has 0 aromatic rings. The Bertz CT molecular complexity index is 217. The lowest BCUT2D eigenvalue weighted by atomic mass is 9.94. The standard InChI is InChI=1S/C12H22BrNO2/c1-3-14(9-11(13)12(15)16-2)10-7-5-4-6-8-10/h10-11H,3-9H2,1-2H3. The highest BCUT2D eigenvalue weighted by Crippen LogP contribution is 2.23. The lowest BCUT2D eigenvalue weighted by Crippen LogP contribution is -2.42. The summed E-state index contributed by atoms with van der Waals surface area (Å²) < 4.78 is 4.73. The number of carbonyl (C=O) groups is 1. The van der Waals surface area contributed by atoms with Crippen molar-refractivity contribution in [3.63, 3.8) is 0 Å². The first kappa shape index (κ1) is 14.0. The normalized spacial score (nSPS) is 19.8. The first-order valence-corrected chi connectivity index (χ1v) is 7.06. The van der Waals surface area contributed by atoms with Gasteiger partial charge in [0.2, 0.25) is 0 Å².